The van der Waals surface area contributed by atoms with Crippen LogP contribution in [0.5, 0.6) is 11.5 Å². The van der Waals surface area contributed by atoms with Crippen LogP contribution < -0.4 is 30.9 Å². The summed E-state index contributed by atoms with van der Waals surface area (Å²) in [5.74, 6) is 1.76. The van der Waals surface area contributed by atoms with Crippen molar-refractivity contribution in [2.75, 3.05) is 18.5 Å². The zero-order chi connectivity index (χ0) is 36.7. The number of aliphatic hydroxyl groups is 1. The predicted octanol–water partition coefficient (Wildman–Crippen LogP) is 6.66. The molecule has 4 atom stereocenters. The number of nitrogens with zero attached hydrogens (tertiary/aromatic N) is 2. The van der Waals surface area contributed by atoms with Gasteiger partial charge in [-0.1, -0.05) is 51.1 Å². The number of amides is 2. The van der Waals surface area contributed by atoms with Crippen LogP contribution in [-0.2, 0) is 0 Å². The highest BCUT2D eigenvalue weighted by atomic mass is 16.5. The average molecular weight is 697 g/mol. The Balaban J connectivity index is 1.30. The number of carbonyl (C=O) groups is 1. The second-order valence-electron chi connectivity index (χ2n) is 14.4. The highest BCUT2D eigenvalue weighted by Gasteiger charge is 2.30. The summed E-state index contributed by atoms with van der Waals surface area (Å²) in [5.41, 5.74) is 2.67. The first-order chi connectivity index (χ1) is 24.3. The fourth-order valence-electron chi connectivity index (χ4n) is 6.32. The van der Waals surface area contributed by atoms with Gasteiger partial charge in [0.25, 0.3) is 0 Å². The van der Waals surface area contributed by atoms with E-state index in [2.05, 4.69) is 27.8 Å². The smallest absolute Gasteiger partial charge is 0.320 e. The number of nitrogens with one attached hydrogen (secondary N) is 6. The first-order valence-electron chi connectivity index (χ1n) is 17.7. The van der Waals surface area contributed by atoms with Crippen molar-refractivity contribution in [3.63, 3.8) is 0 Å². The van der Waals surface area contributed by atoms with E-state index in [1.807, 2.05) is 57.2 Å². The molecule has 2 aromatic carbocycles. The molecular formula is C39H52N8O4. The Morgan fingerprint density at radius 3 is 2.51 bits per heavy atom. The minimum atomic E-state index is -0.448. The third kappa shape index (κ3) is 9.57. The second-order valence-corrected chi connectivity index (χ2v) is 14.4. The zero-order valence-corrected chi connectivity index (χ0v) is 30.3. The van der Waals surface area contributed by atoms with E-state index in [0.29, 0.717) is 41.6 Å². The van der Waals surface area contributed by atoms with Crippen LogP contribution in [0.3, 0.4) is 0 Å². The summed E-state index contributed by atoms with van der Waals surface area (Å²) < 4.78 is 13.9. The lowest BCUT2D eigenvalue weighted by atomic mass is 9.85. The van der Waals surface area contributed by atoms with Crippen LogP contribution >= 0.6 is 0 Å². The molecule has 1 fully saturated rings. The van der Waals surface area contributed by atoms with E-state index in [-0.39, 0.29) is 42.3 Å². The SMILES string of the molecule is C[C@H](CO)Oc1cccc(N/C(=C\C(=N)C(C)(C)C)NC(=O)N[C@H]2CC[C@@H](Oc3ccc(=N)n(C(=N)N4CCCC[C@@H]4C)c3)c3ccccc32)c1. The number of pyridine rings is 1. The van der Waals surface area contributed by atoms with Gasteiger partial charge >= 0.3 is 6.03 Å². The van der Waals surface area contributed by atoms with E-state index in [4.69, 9.17) is 25.7 Å². The van der Waals surface area contributed by atoms with E-state index in [0.717, 1.165) is 36.9 Å². The van der Waals surface area contributed by atoms with Crippen molar-refractivity contribution in [2.24, 2.45) is 5.41 Å². The third-order valence-electron chi connectivity index (χ3n) is 9.30. The lowest BCUT2D eigenvalue weighted by Crippen LogP contribution is -2.47. The minimum absolute atomic E-state index is 0.118. The fraction of sp³-hybridized carbons (Fsp3) is 0.436. The van der Waals surface area contributed by atoms with Gasteiger partial charge in [-0.25, -0.2) is 4.79 Å². The first-order valence-corrected chi connectivity index (χ1v) is 17.7. The predicted molar refractivity (Wildman–Crippen MR) is 199 cm³/mol. The lowest BCUT2D eigenvalue weighted by molar-refractivity contribution is 0.130. The molecule has 2 heterocycles. The van der Waals surface area contributed by atoms with Crippen LogP contribution in [0, 0.1) is 21.6 Å². The standard InChI is InChI=1S/C39H52N8O4/c1-25-11-8-9-20-46(25)37(42)47-23-29(16-19-35(47)41)51-33-18-17-32(30-14-6-7-15-31(30)33)44-38(49)45-36(22-34(40)39(3,4)5)43-27-12-10-13-28(21-27)50-26(2)24-48/h6-7,10,12-16,19,21-23,25-26,32-33,40-43,48H,8-9,11,17-18,20,24H2,1-5H3,(H2,44,45,49)/b36-22+,40-34?,41-35?,42-37?/t25-,26+,32-,33+/m0/s1. The van der Waals surface area contributed by atoms with Gasteiger partial charge in [0.1, 0.15) is 35.0 Å². The number of aromatic nitrogens is 1. The first kappa shape index (κ1) is 37.2. The molecule has 2 aliphatic rings. The average Bonchev–Trinajstić information content (AvgIpc) is 3.09. The molecule has 0 radical (unpaired) electrons. The summed E-state index contributed by atoms with van der Waals surface area (Å²) in [4.78, 5) is 15.6. The van der Waals surface area contributed by atoms with Gasteiger partial charge in [-0.3, -0.25) is 20.7 Å². The fourth-order valence-corrected chi connectivity index (χ4v) is 6.32. The summed E-state index contributed by atoms with van der Waals surface area (Å²) >= 11 is 0. The number of urea groups is 1. The molecule has 1 aliphatic heterocycles. The van der Waals surface area contributed by atoms with E-state index in [9.17, 15) is 9.90 Å². The van der Waals surface area contributed by atoms with Gasteiger partial charge in [-0.15, -0.1) is 0 Å². The highest BCUT2D eigenvalue weighted by molar-refractivity contribution is 5.97. The Kier molecular flexibility index (Phi) is 11.9. The summed E-state index contributed by atoms with van der Waals surface area (Å²) in [6, 6.07) is 18.1. The van der Waals surface area contributed by atoms with Gasteiger partial charge in [-0.05, 0) is 81.3 Å². The number of aliphatic hydroxyl groups excluding tert-OH is 1. The molecule has 1 aliphatic carbocycles. The minimum Gasteiger partial charge on any atom is -0.488 e. The summed E-state index contributed by atoms with van der Waals surface area (Å²) in [7, 11) is 0. The summed E-state index contributed by atoms with van der Waals surface area (Å²) in [6.07, 6.45) is 7.17. The van der Waals surface area contributed by atoms with Crippen molar-refractivity contribution in [3.05, 3.63) is 95.4 Å². The number of likely N-dealkylation sites (tertiary alicyclic amines) is 1. The number of rotatable bonds is 10. The Labute approximate surface area is 300 Å². The van der Waals surface area contributed by atoms with Crippen LogP contribution in [0.1, 0.15) is 90.0 Å². The molecule has 5 rings (SSSR count). The van der Waals surface area contributed by atoms with E-state index >= 15 is 0 Å². The van der Waals surface area contributed by atoms with Gasteiger partial charge in [0.15, 0.2) is 0 Å². The molecule has 12 nitrogen and oxygen atoms in total. The van der Waals surface area contributed by atoms with E-state index < -0.39 is 11.4 Å². The van der Waals surface area contributed by atoms with Crippen molar-refractivity contribution >= 4 is 23.4 Å². The molecule has 3 aromatic rings. The summed E-state index contributed by atoms with van der Waals surface area (Å²) in [6.45, 7) is 10.4. The molecule has 12 heteroatoms. The van der Waals surface area contributed by atoms with Gasteiger partial charge < -0.3 is 35.5 Å². The van der Waals surface area contributed by atoms with Gasteiger partial charge in [0.05, 0.1) is 18.8 Å². The molecule has 0 spiro atoms. The molecular weight excluding hydrogens is 644 g/mol. The Bertz CT molecular complexity index is 1810. The van der Waals surface area contributed by atoms with Crippen molar-refractivity contribution in [1.29, 1.82) is 16.2 Å². The number of anilines is 1. The number of ether oxygens (including phenoxy) is 2. The molecule has 51 heavy (non-hydrogen) atoms. The molecule has 272 valence electrons. The number of hydrogen-bond donors (Lipinski definition) is 7. The van der Waals surface area contributed by atoms with E-state index in [1.165, 1.54) is 0 Å². The van der Waals surface area contributed by atoms with Crippen molar-refractivity contribution in [1.82, 2.24) is 20.1 Å². The summed E-state index contributed by atoms with van der Waals surface area (Å²) in [5, 5.41) is 44.7. The molecule has 1 saturated heterocycles. The van der Waals surface area contributed by atoms with Crippen molar-refractivity contribution in [3.8, 4) is 11.5 Å². The lowest BCUT2D eigenvalue weighted by Gasteiger charge is -2.36. The largest absolute Gasteiger partial charge is 0.488 e. The van der Waals surface area contributed by atoms with Crippen LogP contribution in [0.4, 0.5) is 10.5 Å². The zero-order valence-electron chi connectivity index (χ0n) is 30.3. The Hall–Kier alpha value is -5.10. The molecule has 2 amide bonds. The monoisotopic (exact) mass is 696 g/mol. The number of benzene rings is 2. The molecule has 1 aromatic heterocycles. The van der Waals surface area contributed by atoms with Crippen LogP contribution in [-0.4, -0.2) is 57.6 Å². The number of fused-ring (bicyclic) bond motifs is 1. The number of carbonyl (C=O) groups excluding carboxylic acids is 1. The van der Waals surface area contributed by atoms with Crippen LogP contribution in [0.25, 0.3) is 0 Å². The second kappa shape index (κ2) is 16.3. The normalized spacial score (nSPS) is 19.7. The Morgan fingerprint density at radius 1 is 1.02 bits per heavy atom. The molecule has 0 unspecified atom stereocenters. The number of piperidine rings is 1. The molecule has 0 bridgehead atoms. The quantitative estimate of drug-likeness (QED) is 0.0923. The highest BCUT2D eigenvalue weighted by Crippen LogP contribution is 2.38. The van der Waals surface area contributed by atoms with Gasteiger partial charge in [0, 0.05) is 41.5 Å². The van der Waals surface area contributed by atoms with Crippen molar-refractivity contribution in [2.45, 2.75) is 91.0 Å². The Morgan fingerprint density at radius 2 is 1.78 bits per heavy atom. The molecule has 7 N–H and O–H groups in total. The number of hydrogen-bond acceptors (Lipinski definition) is 8. The maximum absolute atomic E-state index is 13.6. The maximum Gasteiger partial charge on any atom is 0.320 e. The van der Waals surface area contributed by atoms with Gasteiger partial charge in [0.2, 0.25) is 5.96 Å². The topological polar surface area (TPSA) is 172 Å². The van der Waals surface area contributed by atoms with Crippen LogP contribution in [0.2, 0.25) is 0 Å². The van der Waals surface area contributed by atoms with Gasteiger partial charge in [-0.2, -0.15) is 0 Å². The third-order valence-corrected chi connectivity index (χ3v) is 9.30. The van der Waals surface area contributed by atoms with Crippen LogP contribution in [0.15, 0.2) is 78.8 Å². The maximum atomic E-state index is 13.6. The van der Waals surface area contributed by atoms with Crippen molar-refractivity contribution < 1.29 is 19.4 Å². The van der Waals surface area contributed by atoms with E-state index in [1.54, 1.807) is 48.0 Å². The number of allylic oxidation sites excluding steroid dienone is 1. The molecule has 0 saturated carbocycles.